The van der Waals surface area contributed by atoms with Crippen LogP contribution in [0, 0.1) is 5.41 Å². The summed E-state index contributed by atoms with van der Waals surface area (Å²) in [5.74, 6) is -0.785. The molecular formula is C12H13N3O3S. The fourth-order valence-corrected chi connectivity index (χ4v) is 3.35. The third kappa shape index (κ3) is 1.85. The first kappa shape index (κ1) is 12.3. The van der Waals surface area contributed by atoms with Crippen LogP contribution in [0.1, 0.15) is 30.6 Å². The lowest BCUT2D eigenvalue weighted by Gasteiger charge is -2.36. The van der Waals surface area contributed by atoms with Gasteiger partial charge in [-0.05, 0) is 12.8 Å². The fourth-order valence-electron chi connectivity index (χ4n) is 2.77. The highest BCUT2D eigenvalue weighted by Gasteiger charge is 2.54. The van der Waals surface area contributed by atoms with Crippen LogP contribution in [0.3, 0.4) is 0 Å². The minimum absolute atomic E-state index is 0.185. The predicted molar refractivity (Wildman–Crippen MR) is 67.1 cm³/mol. The highest BCUT2D eigenvalue weighted by Crippen LogP contribution is 2.42. The number of thiazole rings is 1. The molecular weight excluding hydrogens is 266 g/mol. The molecule has 3 rings (SSSR count). The summed E-state index contributed by atoms with van der Waals surface area (Å²) in [7, 11) is 0. The zero-order valence-electron chi connectivity index (χ0n) is 10.2. The molecule has 2 heterocycles. The van der Waals surface area contributed by atoms with Gasteiger partial charge in [0.2, 0.25) is 11.8 Å². The standard InChI is InChI=1S/C12H13N3O3S/c16-9-12(3-1-2-4-12)10(17)15(11(18)14-9)6-8-5-13-7-19-8/h5,7H,1-4,6H2,(H,14,16,18). The molecule has 100 valence electrons. The third-order valence-electron chi connectivity index (χ3n) is 3.81. The summed E-state index contributed by atoms with van der Waals surface area (Å²) in [4.78, 5) is 42.2. The van der Waals surface area contributed by atoms with E-state index in [-0.39, 0.29) is 12.5 Å². The van der Waals surface area contributed by atoms with Gasteiger partial charge in [0.05, 0.1) is 12.1 Å². The molecule has 2 fully saturated rings. The monoisotopic (exact) mass is 279 g/mol. The largest absolute Gasteiger partial charge is 0.331 e. The molecule has 1 spiro atoms. The van der Waals surface area contributed by atoms with E-state index in [9.17, 15) is 14.4 Å². The topological polar surface area (TPSA) is 79.4 Å². The third-order valence-corrected chi connectivity index (χ3v) is 4.57. The minimum atomic E-state index is -1.02. The van der Waals surface area contributed by atoms with Crippen molar-refractivity contribution in [1.82, 2.24) is 15.2 Å². The number of barbiturate groups is 1. The van der Waals surface area contributed by atoms with E-state index >= 15 is 0 Å². The Morgan fingerprint density at radius 1 is 1.32 bits per heavy atom. The van der Waals surface area contributed by atoms with Gasteiger partial charge in [0, 0.05) is 11.1 Å². The molecule has 0 radical (unpaired) electrons. The van der Waals surface area contributed by atoms with Crippen LogP contribution in [-0.2, 0) is 16.1 Å². The highest BCUT2D eigenvalue weighted by molar-refractivity contribution is 7.09. The summed E-state index contributed by atoms with van der Waals surface area (Å²) in [6.07, 6.45) is 4.39. The quantitative estimate of drug-likeness (QED) is 0.827. The molecule has 19 heavy (non-hydrogen) atoms. The van der Waals surface area contributed by atoms with Gasteiger partial charge in [-0.15, -0.1) is 11.3 Å². The average Bonchev–Trinajstić information content (AvgIpc) is 3.05. The first-order valence-electron chi connectivity index (χ1n) is 6.18. The van der Waals surface area contributed by atoms with E-state index in [1.807, 2.05) is 0 Å². The zero-order valence-corrected chi connectivity index (χ0v) is 11.0. The van der Waals surface area contributed by atoms with Gasteiger partial charge < -0.3 is 0 Å². The summed E-state index contributed by atoms with van der Waals surface area (Å²) in [6, 6.07) is -0.624. The van der Waals surface area contributed by atoms with Crippen LogP contribution in [0.15, 0.2) is 11.7 Å². The molecule has 1 aromatic rings. The number of carbonyl (C=O) groups excluding carboxylic acids is 3. The number of hydrogen-bond donors (Lipinski definition) is 1. The maximum Gasteiger partial charge on any atom is 0.331 e. The normalized spacial score (nSPS) is 22.1. The second-order valence-electron chi connectivity index (χ2n) is 4.91. The van der Waals surface area contributed by atoms with Gasteiger partial charge in [-0.25, -0.2) is 4.79 Å². The lowest BCUT2D eigenvalue weighted by atomic mass is 9.82. The van der Waals surface area contributed by atoms with Crippen molar-refractivity contribution in [2.24, 2.45) is 5.41 Å². The summed E-state index contributed by atoms with van der Waals surface area (Å²) >= 11 is 1.38. The molecule has 1 N–H and O–H groups in total. The first-order valence-corrected chi connectivity index (χ1v) is 7.06. The van der Waals surface area contributed by atoms with Crippen molar-refractivity contribution in [3.05, 3.63) is 16.6 Å². The molecule has 7 heteroatoms. The van der Waals surface area contributed by atoms with E-state index in [1.165, 1.54) is 11.3 Å². The Kier molecular flexibility index (Phi) is 2.85. The maximum atomic E-state index is 12.5. The average molecular weight is 279 g/mol. The summed E-state index contributed by atoms with van der Waals surface area (Å²) < 4.78 is 0. The number of carbonyl (C=O) groups is 3. The van der Waals surface area contributed by atoms with Gasteiger partial charge in [-0.2, -0.15) is 0 Å². The van der Waals surface area contributed by atoms with Crippen molar-refractivity contribution in [3.63, 3.8) is 0 Å². The summed E-state index contributed by atoms with van der Waals surface area (Å²) in [5.41, 5.74) is 0.636. The lowest BCUT2D eigenvalue weighted by molar-refractivity contribution is -0.151. The molecule has 0 unspecified atom stereocenters. The lowest BCUT2D eigenvalue weighted by Crippen LogP contribution is -2.62. The van der Waals surface area contributed by atoms with Crippen molar-refractivity contribution in [2.45, 2.75) is 32.2 Å². The van der Waals surface area contributed by atoms with Gasteiger partial charge in [0.1, 0.15) is 5.41 Å². The van der Waals surface area contributed by atoms with Crippen LogP contribution < -0.4 is 5.32 Å². The molecule has 1 aromatic heterocycles. The maximum absolute atomic E-state index is 12.5. The predicted octanol–water partition coefficient (Wildman–Crippen LogP) is 1.28. The van der Waals surface area contributed by atoms with Gasteiger partial charge in [-0.1, -0.05) is 12.8 Å². The number of rotatable bonds is 2. The fraction of sp³-hybridized carbons (Fsp3) is 0.500. The highest BCUT2D eigenvalue weighted by atomic mass is 32.1. The molecule has 1 saturated heterocycles. The second kappa shape index (κ2) is 4.41. The molecule has 4 amide bonds. The number of amides is 4. The van der Waals surface area contributed by atoms with Crippen LogP contribution in [0.2, 0.25) is 0 Å². The Morgan fingerprint density at radius 2 is 2.05 bits per heavy atom. The van der Waals surface area contributed by atoms with Crippen molar-refractivity contribution in [2.75, 3.05) is 0 Å². The Labute approximate surface area is 113 Å². The molecule has 6 nitrogen and oxygen atoms in total. The Morgan fingerprint density at radius 3 is 2.68 bits per heavy atom. The van der Waals surface area contributed by atoms with Gasteiger partial charge in [0.25, 0.3) is 0 Å². The van der Waals surface area contributed by atoms with Crippen molar-refractivity contribution >= 4 is 29.2 Å². The van der Waals surface area contributed by atoms with Crippen LogP contribution in [0.25, 0.3) is 0 Å². The molecule has 1 aliphatic heterocycles. The van der Waals surface area contributed by atoms with Crippen LogP contribution in [-0.4, -0.2) is 27.7 Å². The van der Waals surface area contributed by atoms with Crippen molar-refractivity contribution in [1.29, 1.82) is 0 Å². The SMILES string of the molecule is O=C1NC(=O)C2(CCCC2)C(=O)N1Cc1cncs1. The second-order valence-corrected chi connectivity index (χ2v) is 5.88. The van der Waals surface area contributed by atoms with Crippen molar-refractivity contribution < 1.29 is 14.4 Å². The molecule has 2 aliphatic rings. The van der Waals surface area contributed by atoms with Crippen LogP contribution in [0.4, 0.5) is 4.79 Å². The first-order chi connectivity index (χ1) is 9.13. The molecule has 1 aliphatic carbocycles. The summed E-state index contributed by atoms with van der Waals surface area (Å²) in [5, 5.41) is 2.32. The molecule has 0 atom stereocenters. The number of urea groups is 1. The van der Waals surface area contributed by atoms with Crippen molar-refractivity contribution in [3.8, 4) is 0 Å². The molecule has 0 aromatic carbocycles. The number of aromatic nitrogens is 1. The number of nitrogens with one attached hydrogen (secondary N) is 1. The van der Waals surface area contributed by atoms with E-state index in [2.05, 4.69) is 10.3 Å². The van der Waals surface area contributed by atoms with E-state index in [0.29, 0.717) is 12.8 Å². The van der Waals surface area contributed by atoms with E-state index in [0.717, 1.165) is 22.6 Å². The number of hydrogen-bond acceptors (Lipinski definition) is 5. The Bertz CT molecular complexity index is 534. The van der Waals surface area contributed by atoms with Crippen LogP contribution >= 0.6 is 11.3 Å². The van der Waals surface area contributed by atoms with Gasteiger partial charge in [-0.3, -0.25) is 24.8 Å². The smallest absolute Gasteiger partial charge is 0.277 e. The minimum Gasteiger partial charge on any atom is -0.277 e. The molecule has 0 bridgehead atoms. The zero-order chi connectivity index (χ0) is 13.5. The Hall–Kier alpha value is -1.76. The van der Waals surface area contributed by atoms with Gasteiger partial charge >= 0.3 is 6.03 Å². The Balaban J connectivity index is 1.89. The number of imide groups is 2. The van der Waals surface area contributed by atoms with Gasteiger partial charge in [0.15, 0.2) is 0 Å². The molecule has 1 saturated carbocycles. The van der Waals surface area contributed by atoms with E-state index in [1.54, 1.807) is 11.7 Å². The number of nitrogens with zero attached hydrogens (tertiary/aromatic N) is 2. The van der Waals surface area contributed by atoms with E-state index < -0.39 is 17.4 Å². The van der Waals surface area contributed by atoms with Crippen LogP contribution in [0.5, 0.6) is 0 Å². The summed E-state index contributed by atoms with van der Waals surface area (Å²) in [6.45, 7) is 0.185. The van der Waals surface area contributed by atoms with E-state index in [4.69, 9.17) is 0 Å².